The van der Waals surface area contributed by atoms with Crippen LogP contribution in [0, 0.1) is 0 Å². The number of unbranched alkanes of at least 4 members (excludes halogenated alkanes) is 1. The molecule has 2 rings (SSSR count). The standard InChI is InChI=1S/C26H35NO7/c1-3-5-17-31-18-15-27(26(30)34-23-9-7-6-8-10-23)16-19-33-22-13-11-21(12-14-22)20-24(25(28)29)32-4-2/h6-14,24H,3-5,15-20H2,1-2H3,(H,28,29). The maximum absolute atomic E-state index is 12.7. The van der Waals surface area contributed by atoms with E-state index in [2.05, 4.69) is 6.92 Å². The number of ether oxygens (including phenoxy) is 4. The van der Waals surface area contributed by atoms with E-state index >= 15 is 0 Å². The van der Waals surface area contributed by atoms with E-state index < -0.39 is 18.2 Å². The van der Waals surface area contributed by atoms with Crippen molar-refractivity contribution in [1.82, 2.24) is 4.90 Å². The van der Waals surface area contributed by atoms with E-state index in [0.29, 0.717) is 44.4 Å². The lowest BCUT2D eigenvalue weighted by atomic mass is 10.1. The number of hydrogen-bond donors (Lipinski definition) is 1. The Bertz CT molecular complexity index is 842. The Morgan fingerprint density at radius 1 is 0.912 bits per heavy atom. The fourth-order valence-corrected chi connectivity index (χ4v) is 3.10. The highest BCUT2D eigenvalue weighted by molar-refractivity contribution is 5.72. The number of benzene rings is 2. The maximum atomic E-state index is 12.7. The minimum atomic E-state index is -0.983. The van der Waals surface area contributed by atoms with Gasteiger partial charge in [0.05, 0.1) is 13.2 Å². The molecule has 8 heteroatoms. The van der Waals surface area contributed by atoms with Gasteiger partial charge in [0.1, 0.15) is 18.1 Å². The van der Waals surface area contributed by atoms with Crippen molar-refractivity contribution in [2.24, 2.45) is 0 Å². The molecule has 0 aromatic heterocycles. The molecule has 0 aliphatic carbocycles. The van der Waals surface area contributed by atoms with Crippen molar-refractivity contribution in [3.63, 3.8) is 0 Å². The van der Waals surface area contributed by atoms with Crippen LogP contribution in [0.1, 0.15) is 32.3 Å². The third-order valence-electron chi connectivity index (χ3n) is 4.97. The average molecular weight is 474 g/mol. The Morgan fingerprint density at radius 3 is 2.26 bits per heavy atom. The van der Waals surface area contributed by atoms with Crippen molar-refractivity contribution in [3.05, 3.63) is 60.2 Å². The number of carbonyl (C=O) groups excluding carboxylic acids is 1. The summed E-state index contributed by atoms with van der Waals surface area (Å²) in [6.45, 7) is 6.28. The molecule has 2 aromatic carbocycles. The average Bonchev–Trinajstić information content (AvgIpc) is 2.84. The first-order valence-corrected chi connectivity index (χ1v) is 11.7. The molecule has 0 saturated carbocycles. The molecule has 0 heterocycles. The molecule has 0 radical (unpaired) electrons. The van der Waals surface area contributed by atoms with E-state index in [9.17, 15) is 14.7 Å². The molecule has 0 aliphatic heterocycles. The van der Waals surface area contributed by atoms with E-state index in [0.717, 1.165) is 18.4 Å². The van der Waals surface area contributed by atoms with Crippen molar-refractivity contribution in [2.45, 2.75) is 39.2 Å². The van der Waals surface area contributed by atoms with Gasteiger partial charge in [-0.3, -0.25) is 0 Å². The fraction of sp³-hybridized carbons (Fsp3) is 0.462. The number of aliphatic carboxylic acids is 1. The molecule has 0 fully saturated rings. The number of carboxylic acids is 1. The predicted octanol–water partition coefficient (Wildman–Crippen LogP) is 4.42. The van der Waals surface area contributed by atoms with Gasteiger partial charge in [0.2, 0.25) is 0 Å². The summed E-state index contributed by atoms with van der Waals surface area (Å²) in [6, 6.07) is 16.1. The van der Waals surface area contributed by atoms with Gasteiger partial charge >= 0.3 is 12.1 Å². The minimum Gasteiger partial charge on any atom is -0.492 e. The summed E-state index contributed by atoms with van der Waals surface area (Å²) in [5, 5.41) is 9.23. The zero-order valence-corrected chi connectivity index (χ0v) is 20.0. The molecular formula is C26H35NO7. The molecular weight excluding hydrogens is 438 g/mol. The van der Waals surface area contributed by atoms with Crippen LogP contribution in [0.15, 0.2) is 54.6 Å². The van der Waals surface area contributed by atoms with Gasteiger partial charge in [-0.15, -0.1) is 0 Å². The van der Waals surface area contributed by atoms with E-state index in [1.807, 2.05) is 18.2 Å². The molecule has 1 unspecified atom stereocenters. The fourth-order valence-electron chi connectivity index (χ4n) is 3.10. The van der Waals surface area contributed by atoms with Crippen molar-refractivity contribution < 1.29 is 33.6 Å². The van der Waals surface area contributed by atoms with Crippen LogP contribution in [-0.2, 0) is 20.7 Å². The molecule has 2 aromatic rings. The predicted molar refractivity (Wildman–Crippen MR) is 128 cm³/mol. The molecule has 34 heavy (non-hydrogen) atoms. The Balaban J connectivity index is 1.87. The largest absolute Gasteiger partial charge is 0.492 e. The Kier molecular flexibility index (Phi) is 12.5. The third-order valence-corrected chi connectivity index (χ3v) is 4.97. The Morgan fingerprint density at radius 2 is 1.62 bits per heavy atom. The molecule has 0 saturated heterocycles. The van der Waals surface area contributed by atoms with Crippen LogP contribution in [0.4, 0.5) is 4.79 Å². The van der Waals surface area contributed by atoms with Gasteiger partial charge in [-0.2, -0.15) is 0 Å². The lowest BCUT2D eigenvalue weighted by Gasteiger charge is -2.22. The smallest absolute Gasteiger partial charge is 0.415 e. The number of carboxylic acid groups (broad SMARTS) is 1. The zero-order valence-electron chi connectivity index (χ0n) is 20.0. The van der Waals surface area contributed by atoms with Crippen molar-refractivity contribution in [2.75, 3.05) is 39.5 Å². The summed E-state index contributed by atoms with van der Waals surface area (Å²) in [4.78, 5) is 25.5. The van der Waals surface area contributed by atoms with E-state index in [1.165, 1.54) is 0 Å². The first-order valence-electron chi connectivity index (χ1n) is 11.7. The normalized spacial score (nSPS) is 11.6. The van der Waals surface area contributed by atoms with E-state index in [4.69, 9.17) is 18.9 Å². The lowest BCUT2D eigenvalue weighted by molar-refractivity contribution is -0.149. The van der Waals surface area contributed by atoms with Gasteiger partial charge < -0.3 is 29.0 Å². The van der Waals surface area contributed by atoms with E-state index in [1.54, 1.807) is 48.2 Å². The molecule has 1 atom stereocenters. The zero-order chi connectivity index (χ0) is 24.6. The van der Waals surface area contributed by atoms with Crippen LogP contribution in [0.3, 0.4) is 0 Å². The van der Waals surface area contributed by atoms with Gasteiger partial charge in [-0.05, 0) is 43.2 Å². The molecule has 1 N–H and O–H groups in total. The van der Waals surface area contributed by atoms with Crippen LogP contribution in [-0.4, -0.2) is 67.7 Å². The number of carbonyl (C=O) groups is 2. The number of amides is 1. The summed E-state index contributed by atoms with van der Waals surface area (Å²) >= 11 is 0. The maximum Gasteiger partial charge on any atom is 0.415 e. The molecule has 0 aliphatic rings. The summed E-state index contributed by atoms with van der Waals surface area (Å²) in [6.07, 6.45) is 0.973. The summed E-state index contributed by atoms with van der Waals surface area (Å²) in [5.41, 5.74) is 0.838. The number of rotatable bonds is 16. The van der Waals surface area contributed by atoms with Gasteiger partial charge in [0.25, 0.3) is 0 Å². The Labute approximate surface area is 201 Å². The SMILES string of the molecule is CCCCOCCN(CCOc1ccc(CC(OCC)C(=O)O)cc1)C(=O)Oc1ccccc1. The second kappa shape index (κ2) is 15.7. The number of nitrogens with zero attached hydrogens (tertiary/aromatic N) is 1. The molecule has 0 bridgehead atoms. The number of para-hydroxylation sites is 1. The van der Waals surface area contributed by atoms with Crippen molar-refractivity contribution in [1.29, 1.82) is 0 Å². The molecule has 0 spiro atoms. The second-order valence-corrected chi connectivity index (χ2v) is 7.61. The highest BCUT2D eigenvalue weighted by Crippen LogP contribution is 2.15. The first kappa shape index (κ1) is 27.1. The van der Waals surface area contributed by atoms with Gasteiger partial charge in [0.15, 0.2) is 6.10 Å². The highest BCUT2D eigenvalue weighted by atomic mass is 16.6. The summed E-state index contributed by atoms with van der Waals surface area (Å²) in [5.74, 6) is 0.124. The van der Waals surface area contributed by atoms with E-state index in [-0.39, 0.29) is 13.0 Å². The van der Waals surface area contributed by atoms with Gasteiger partial charge in [-0.1, -0.05) is 43.7 Å². The van der Waals surface area contributed by atoms with Gasteiger partial charge in [0, 0.05) is 26.2 Å². The first-order chi connectivity index (χ1) is 16.5. The van der Waals surface area contributed by atoms with Crippen LogP contribution in [0.25, 0.3) is 0 Å². The summed E-state index contributed by atoms with van der Waals surface area (Å²) in [7, 11) is 0. The molecule has 186 valence electrons. The summed E-state index contributed by atoms with van der Waals surface area (Å²) < 4.78 is 22.1. The van der Waals surface area contributed by atoms with Crippen LogP contribution >= 0.6 is 0 Å². The van der Waals surface area contributed by atoms with Crippen LogP contribution < -0.4 is 9.47 Å². The lowest BCUT2D eigenvalue weighted by Crippen LogP contribution is -2.39. The van der Waals surface area contributed by atoms with Crippen LogP contribution in [0.2, 0.25) is 0 Å². The number of hydrogen-bond acceptors (Lipinski definition) is 6. The van der Waals surface area contributed by atoms with Gasteiger partial charge in [-0.25, -0.2) is 9.59 Å². The van der Waals surface area contributed by atoms with Crippen molar-refractivity contribution in [3.8, 4) is 11.5 Å². The third kappa shape index (κ3) is 10.2. The second-order valence-electron chi connectivity index (χ2n) is 7.61. The van der Waals surface area contributed by atoms with Crippen molar-refractivity contribution >= 4 is 12.1 Å². The molecule has 8 nitrogen and oxygen atoms in total. The van der Waals surface area contributed by atoms with Crippen LogP contribution in [0.5, 0.6) is 11.5 Å². The minimum absolute atomic E-state index is 0.273. The monoisotopic (exact) mass is 473 g/mol. The molecule has 1 amide bonds. The quantitative estimate of drug-likeness (QED) is 0.361. The topological polar surface area (TPSA) is 94.5 Å². The Hall–Kier alpha value is -3.10. The highest BCUT2D eigenvalue weighted by Gasteiger charge is 2.18.